The second-order valence-electron chi connectivity index (χ2n) is 6.68. The van der Waals surface area contributed by atoms with Gasteiger partial charge in [-0.3, -0.25) is 9.78 Å². The number of morpholine rings is 1. The quantitative estimate of drug-likeness (QED) is 0.847. The van der Waals surface area contributed by atoms with Crippen LogP contribution in [0.4, 0.5) is 0 Å². The van der Waals surface area contributed by atoms with Crippen LogP contribution in [0.15, 0.2) is 36.4 Å². The number of amides is 1. The summed E-state index contributed by atoms with van der Waals surface area (Å²) in [4.78, 5) is 19.0. The molecule has 4 heteroatoms. The molecule has 2 atom stereocenters. The maximum absolute atomic E-state index is 12.7. The van der Waals surface area contributed by atoms with Crippen LogP contribution in [0.25, 0.3) is 11.1 Å². The second kappa shape index (κ2) is 6.73. The van der Waals surface area contributed by atoms with Crippen molar-refractivity contribution in [2.45, 2.75) is 39.9 Å². The Morgan fingerprint density at radius 3 is 2.08 bits per heavy atom. The molecule has 0 aliphatic carbocycles. The molecule has 4 nitrogen and oxygen atoms in total. The van der Waals surface area contributed by atoms with Crippen molar-refractivity contribution in [3.05, 3.63) is 53.3 Å². The van der Waals surface area contributed by atoms with Crippen molar-refractivity contribution in [2.75, 3.05) is 13.1 Å². The molecular weight excluding hydrogens is 300 g/mol. The Bertz CT molecular complexity index is 710. The molecule has 0 saturated carbocycles. The van der Waals surface area contributed by atoms with Gasteiger partial charge in [-0.1, -0.05) is 12.1 Å². The van der Waals surface area contributed by atoms with E-state index in [-0.39, 0.29) is 18.1 Å². The molecule has 1 aromatic carbocycles. The van der Waals surface area contributed by atoms with Crippen LogP contribution in [0.2, 0.25) is 0 Å². The molecule has 0 bridgehead atoms. The molecule has 1 aliphatic rings. The molecule has 0 radical (unpaired) electrons. The van der Waals surface area contributed by atoms with Gasteiger partial charge in [0.1, 0.15) is 0 Å². The van der Waals surface area contributed by atoms with Gasteiger partial charge in [-0.2, -0.15) is 0 Å². The largest absolute Gasteiger partial charge is 0.372 e. The molecule has 2 aromatic rings. The lowest BCUT2D eigenvalue weighted by molar-refractivity contribution is -0.0586. The van der Waals surface area contributed by atoms with E-state index < -0.39 is 0 Å². The van der Waals surface area contributed by atoms with Gasteiger partial charge < -0.3 is 9.64 Å². The normalized spacial score (nSPS) is 20.9. The third kappa shape index (κ3) is 3.65. The van der Waals surface area contributed by atoms with Gasteiger partial charge in [-0.15, -0.1) is 0 Å². The Balaban J connectivity index is 1.80. The zero-order valence-electron chi connectivity index (χ0n) is 14.7. The lowest BCUT2D eigenvalue weighted by Crippen LogP contribution is -2.48. The highest BCUT2D eigenvalue weighted by Crippen LogP contribution is 2.22. The van der Waals surface area contributed by atoms with Crippen molar-refractivity contribution >= 4 is 5.91 Å². The molecule has 1 aromatic heterocycles. The minimum atomic E-state index is 0.0747. The number of hydrogen-bond acceptors (Lipinski definition) is 3. The van der Waals surface area contributed by atoms with E-state index in [1.165, 1.54) is 0 Å². The number of pyridine rings is 1. The number of rotatable bonds is 2. The van der Waals surface area contributed by atoms with Crippen LogP contribution in [0.1, 0.15) is 35.6 Å². The van der Waals surface area contributed by atoms with E-state index >= 15 is 0 Å². The molecule has 1 fully saturated rings. The first-order chi connectivity index (χ1) is 11.4. The number of carbonyl (C=O) groups is 1. The van der Waals surface area contributed by atoms with Crippen LogP contribution in [-0.2, 0) is 4.74 Å². The third-order valence-corrected chi connectivity index (χ3v) is 4.25. The summed E-state index contributed by atoms with van der Waals surface area (Å²) in [5.74, 6) is 0.0747. The minimum absolute atomic E-state index is 0.0747. The van der Waals surface area contributed by atoms with Crippen LogP contribution in [0.5, 0.6) is 0 Å². The summed E-state index contributed by atoms with van der Waals surface area (Å²) in [5.41, 5.74) is 4.96. The number of aromatic nitrogens is 1. The van der Waals surface area contributed by atoms with Crippen molar-refractivity contribution < 1.29 is 9.53 Å². The molecule has 0 unspecified atom stereocenters. The number of ether oxygens (including phenoxy) is 1. The topological polar surface area (TPSA) is 42.4 Å². The summed E-state index contributed by atoms with van der Waals surface area (Å²) in [6, 6.07) is 12.0. The molecular formula is C20H24N2O2. The molecule has 24 heavy (non-hydrogen) atoms. The van der Waals surface area contributed by atoms with E-state index in [1.807, 2.05) is 56.9 Å². The van der Waals surface area contributed by atoms with Gasteiger partial charge in [-0.25, -0.2) is 0 Å². The SMILES string of the molecule is Cc1cc(-c2ccc(C(=O)N3C[C@@H](C)O[C@@H](C)C3)cc2)cc(C)n1. The first-order valence-electron chi connectivity index (χ1n) is 8.43. The third-order valence-electron chi connectivity index (χ3n) is 4.25. The van der Waals surface area contributed by atoms with Gasteiger partial charge in [0.25, 0.3) is 5.91 Å². The van der Waals surface area contributed by atoms with Crippen molar-refractivity contribution in [3.63, 3.8) is 0 Å². The standard InChI is InChI=1S/C20H24N2O2/c1-13-9-19(10-14(2)21-13)17-5-7-18(8-6-17)20(23)22-11-15(3)24-16(4)12-22/h5-10,15-16H,11-12H2,1-4H3/t15-,16+. The van der Waals surface area contributed by atoms with E-state index in [2.05, 4.69) is 17.1 Å². The zero-order valence-corrected chi connectivity index (χ0v) is 14.7. The first-order valence-corrected chi connectivity index (χ1v) is 8.43. The van der Waals surface area contributed by atoms with Gasteiger partial charge in [0.05, 0.1) is 12.2 Å². The highest BCUT2D eigenvalue weighted by Gasteiger charge is 2.26. The Morgan fingerprint density at radius 1 is 1.00 bits per heavy atom. The van der Waals surface area contributed by atoms with Crippen molar-refractivity contribution in [1.82, 2.24) is 9.88 Å². The van der Waals surface area contributed by atoms with Gasteiger partial charge in [0.15, 0.2) is 0 Å². The maximum atomic E-state index is 12.7. The molecule has 126 valence electrons. The summed E-state index contributed by atoms with van der Waals surface area (Å²) in [7, 11) is 0. The zero-order chi connectivity index (χ0) is 17.3. The Morgan fingerprint density at radius 2 is 1.54 bits per heavy atom. The molecule has 0 spiro atoms. The van der Waals surface area contributed by atoms with Crippen molar-refractivity contribution in [1.29, 1.82) is 0 Å². The number of hydrogen-bond donors (Lipinski definition) is 0. The summed E-state index contributed by atoms with van der Waals surface area (Å²) in [6.45, 7) is 9.30. The van der Waals surface area contributed by atoms with E-state index in [1.54, 1.807) is 0 Å². The number of nitrogens with zero attached hydrogens (tertiary/aromatic N) is 2. The smallest absolute Gasteiger partial charge is 0.254 e. The molecule has 2 heterocycles. The molecule has 1 aliphatic heterocycles. The van der Waals surface area contributed by atoms with Crippen LogP contribution >= 0.6 is 0 Å². The van der Waals surface area contributed by atoms with E-state index in [0.717, 1.165) is 28.1 Å². The predicted molar refractivity (Wildman–Crippen MR) is 95.1 cm³/mol. The molecule has 1 saturated heterocycles. The lowest BCUT2D eigenvalue weighted by atomic mass is 10.0. The average Bonchev–Trinajstić information content (AvgIpc) is 2.52. The summed E-state index contributed by atoms with van der Waals surface area (Å²) >= 11 is 0. The fourth-order valence-electron chi connectivity index (χ4n) is 3.33. The number of carbonyl (C=O) groups excluding carboxylic acids is 1. The van der Waals surface area contributed by atoms with Gasteiger partial charge in [-0.05, 0) is 63.1 Å². The average molecular weight is 324 g/mol. The number of aryl methyl sites for hydroxylation is 2. The second-order valence-corrected chi connectivity index (χ2v) is 6.68. The fraction of sp³-hybridized carbons (Fsp3) is 0.400. The predicted octanol–water partition coefficient (Wildman–Crippen LogP) is 3.61. The van der Waals surface area contributed by atoms with Crippen LogP contribution in [-0.4, -0.2) is 41.1 Å². The highest BCUT2D eigenvalue weighted by molar-refractivity contribution is 5.94. The first kappa shape index (κ1) is 16.7. The van der Waals surface area contributed by atoms with Gasteiger partial charge in [0.2, 0.25) is 0 Å². The lowest BCUT2D eigenvalue weighted by Gasteiger charge is -2.35. The summed E-state index contributed by atoms with van der Waals surface area (Å²) < 4.78 is 5.70. The fourth-order valence-corrected chi connectivity index (χ4v) is 3.33. The van der Waals surface area contributed by atoms with Crippen molar-refractivity contribution in [3.8, 4) is 11.1 Å². The van der Waals surface area contributed by atoms with E-state index in [0.29, 0.717) is 13.1 Å². The van der Waals surface area contributed by atoms with Gasteiger partial charge >= 0.3 is 0 Å². The highest BCUT2D eigenvalue weighted by atomic mass is 16.5. The monoisotopic (exact) mass is 324 g/mol. The van der Waals surface area contributed by atoms with E-state index in [9.17, 15) is 4.79 Å². The van der Waals surface area contributed by atoms with E-state index in [4.69, 9.17) is 4.74 Å². The Labute approximate surface area is 143 Å². The Hall–Kier alpha value is -2.20. The van der Waals surface area contributed by atoms with Crippen LogP contribution in [0, 0.1) is 13.8 Å². The maximum Gasteiger partial charge on any atom is 0.254 e. The number of benzene rings is 1. The van der Waals surface area contributed by atoms with Crippen LogP contribution < -0.4 is 0 Å². The minimum Gasteiger partial charge on any atom is -0.372 e. The molecule has 3 rings (SSSR count). The molecule has 0 N–H and O–H groups in total. The Kier molecular flexibility index (Phi) is 4.67. The molecule has 1 amide bonds. The summed E-state index contributed by atoms with van der Waals surface area (Å²) in [5, 5.41) is 0. The summed E-state index contributed by atoms with van der Waals surface area (Å²) in [6.07, 6.45) is 0.166. The van der Waals surface area contributed by atoms with Crippen molar-refractivity contribution in [2.24, 2.45) is 0 Å². The van der Waals surface area contributed by atoms with Gasteiger partial charge in [0, 0.05) is 30.0 Å². The van der Waals surface area contributed by atoms with Crippen LogP contribution in [0.3, 0.4) is 0 Å².